The molecule has 1 fully saturated rings. The zero-order valence-electron chi connectivity index (χ0n) is 8.56. The summed E-state index contributed by atoms with van der Waals surface area (Å²) in [6, 6.07) is 4.45. The van der Waals surface area contributed by atoms with Gasteiger partial charge in [-0.1, -0.05) is 0 Å². The van der Waals surface area contributed by atoms with Gasteiger partial charge >= 0.3 is 0 Å². The van der Waals surface area contributed by atoms with Crippen LogP contribution in [0.1, 0.15) is 17.9 Å². The van der Waals surface area contributed by atoms with E-state index in [1.807, 2.05) is 12.4 Å². The number of piperidine rings is 1. The van der Waals surface area contributed by atoms with Crippen molar-refractivity contribution in [3.8, 4) is 0 Å². The van der Waals surface area contributed by atoms with E-state index in [1.54, 1.807) is 0 Å². The summed E-state index contributed by atoms with van der Waals surface area (Å²) in [6.07, 6.45) is 4.77. The zero-order chi connectivity index (χ0) is 9.97. The summed E-state index contributed by atoms with van der Waals surface area (Å²) in [4.78, 5) is 6.37. The summed E-state index contributed by atoms with van der Waals surface area (Å²) in [5, 5.41) is 0. The summed E-state index contributed by atoms with van der Waals surface area (Å²) in [5.74, 6) is 0.469. The highest BCUT2D eigenvalue weighted by Crippen LogP contribution is 2.24. The van der Waals surface area contributed by atoms with Crippen LogP contribution in [0.5, 0.6) is 0 Å². The Balaban J connectivity index is 2.16. The smallest absolute Gasteiger partial charge is 0.0270 e. The minimum absolute atomic E-state index is 0.300. The SMILES string of the molecule is CN1CCC(N)C(c2ccncc2)C1. The zero-order valence-corrected chi connectivity index (χ0v) is 8.56. The van der Waals surface area contributed by atoms with E-state index in [1.165, 1.54) is 5.56 Å². The van der Waals surface area contributed by atoms with Gasteiger partial charge in [-0.2, -0.15) is 0 Å². The minimum atomic E-state index is 0.300. The summed E-state index contributed by atoms with van der Waals surface area (Å²) in [7, 11) is 2.15. The second-order valence-electron chi connectivity index (χ2n) is 4.10. The van der Waals surface area contributed by atoms with Crippen molar-refractivity contribution in [1.29, 1.82) is 0 Å². The van der Waals surface area contributed by atoms with E-state index in [0.29, 0.717) is 12.0 Å². The molecule has 0 aromatic carbocycles. The normalized spacial score (nSPS) is 29.0. The van der Waals surface area contributed by atoms with E-state index in [4.69, 9.17) is 5.73 Å². The van der Waals surface area contributed by atoms with Crippen molar-refractivity contribution in [3.63, 3.8) is 0 Å². The number of pyridine rings is 1. The highest BCUT2D eigenvalue weighted by atomic mass is 15.1. The van der Waals surface area contributed by atoms with Gasteiger partial charge in [-0.05, 0) is 37.7 Å². The Labute approximate surface area is 84.9 Å². The Hall–Kier alpha value is -0.930. The van der Waals surface area contributed by atoms with Gasteiger partial charge in [0.15, 0.2) is 0 Å². The van der Waals surface area contributed by atoms with Crippen molar-refractivity contribution in [1.82, 2.24) is 9.88 Å². The molecular weight excluding hydrogens is 174 g/mol. The number of rotatable bonds is 1. The topological polar surface area (TPSA) is 42.1 Å². The molecule has 2 heterocycles. The standard InChI is InChI=1S/C11H17N3/c1-14-7-4-11(12)10(8-14)9-2-5-13-6-3-9/h2-3,5-6,10-11H,4,7-8,12H2,1H3. The molecule has 0 aliphatic carbocycles. The Morgan fingerprint density at radius 1 is 1.43 bits per heavy atom. The largest absolute Gasteiger partial charge is 0.327 e. The average molecular weight is 191 g/mol. The molecule has 2 N–H and O–H groups in total. The van der Waals surface area contributed by atoms with Crippen LogP contribution >= 0.6 is 0 Å². The van der Waals surface area contributed by atoms with Crippen molar-refractivity contribution in [2.75, 3.05) is 20.1 Å². The highest BCUT2D eigenvalue weighted by molar-refractivity contribution is 5.19. The van der Waals surface area contributed by atoms with E-state index in [2.05, 4.69) is 29.1 Å². The molecule has 0 saturated carbocycles. The van der Waals surface area contributed by atoms with Gasteiger partial charge < -0.3 is 10.6 Å². The van der Waals surface area contributed by atoms with Gasteiger partial charge in [0.25, 0.3) is 0 Å². The van der Waals surface area contributed by atoms with Gasteiger partial charge in [0.2, 0.25) is 0 Å². The third kappa shape index (κ3) is 1.94. The lowest BCUT2D eigenvalue weighted by molar-refractivity contribution is 0.228. The lowest BCUT2D eigenvalue weighted by atomic mass is 9.87. The molecule has 3 nitrogen and oxygen atoms in total. The molecule has 76 valence electrons. The van der Waals surface area contributed by atoms with E-state index in [-0.39, 0.29) is 0 Å². The molecule has 0 radical (unpaired) electrons. The molecule has 14 heavy (non-hydrogen) atoms. The van der Waals surface area contributed by atoms with Crippen LogP contribution in [-0.2, 0) is 0 Å². The van der Waals surface area contributed by atoms with Crippen LogP contribution in [0.15, 0.2) is 24.5 Å². The molecular formula is C11H17N3. The van der Waals surface area contributed by atoms with Gasteiger partial charge in [0.05, 0.1) is 0 Å². The van der Waals surface area contributed by atoms with E-state index < -0.39 is 0 Å². The summed E-state index contributed by atoms with van der Waals surface area (Å²) in [6.45, 7) is 2.17. The number of hydrogen-bond donors (Lipinski definition) is 1. The lowest BCUT2D eigenvalue weighted by Gasteiger charge is -2.34. The monoisotopic (exact) mass is 191 g/mol. The first-order valence-corrected chi connectivity index (χ1v) is 5.11. The summed E-state index contributed by atoms with van der Waals surface area (Å²) >= 11 is 0. The van der Waals surface area contributed by atoms with Crippen LogP contribution in [0.3, 0.4) is 0 Å². The number of aromatic nitrogens is 1. The second kappa shape index (κ2) is 4.07. The molecule has 2 atom stereocenters. The Morgan fingerprint density at radius 3 is 2.86 bits per heavy atom. The second-order valence-corrected chi connectivity index (χ2v) is 4.10. The quantitative estimate of drug-likeness (QED) is 0.715. The number of nitrogens with zero attached hydrogens (tertiary/aromatic N) is 2. The molecule has 2 unspecified atom stereocenters. The molecule has 0 amide bonds. The predicted molar refractivity (Wildman–Crippen MR) is 57.1 cm³/mol. The van der Waals surface area contributed by atoms with Crippen molar-refractivity contribution < 1.29 is 0 Å². The van der Waals surface area contributed by atoms with Gasteiger partial charge in [0, 0.05) is 30.9 Å². The maximum atomic E-state index is 6.13. The molecule has 1 aliphatic rings. The molecule has 2 rings (SSSR count). The Kier molecular flexibility index (Phi) is 2.79. The van der Waals surface area contributed by atoms with Crippen LogP contribution in [0.2, 0.25) is 0 Å². The van der Waals surface area contributed by atoms with E-state index >= 15 is 0 Å². The molecule has 1 saturated heterocycles. The molecule has 1 aromatic heterocycles. The van der Waals surface area contributed by atoms with Crippen LogP contribution in [0, 0.1) is 0 Å². The predicted octanol–water partition coefficient (Wildman–Crippen LogP) is 0.828. The summed E-state index contributed by atoms with van der Waals surface area (Å²) in [5.41, 5.74) is 7.44. The third-order valence-corrected chi connectivity index (χ3v) is 3.00. The molecule has 1 aliphatic heterocycles. The first-order valence-electron chi connectivity index (χ1n) is 5.11. The fraction of sp³-hybridized carbons (Fsp3) is 0.545. The molecule has 1 aromatic rings. The van der Waals surface area contributed by atoms with Gasteiger partial charge in [-0.3, -0.25) is 4.98 Å². The van der Waals surface area contributed by atoms with Gasteiger partial charge in [-0.25, -0.2) is 0 Å². The first kappa shape index (κ1) is 9.62. The lowest BCUT2D eigenvalue weighted by Crippen LogP contribution is -2.43. The molecule has 0 spiro atoms. The number of likely N-dealkylation sites (tertiary alicyclic amines) is 1. The van der Waals surface area contributed by atoms with Crippen LogP contribution in [0.25, 0.3) is 0 Å². The van der Waals surface area contributed by atoms with Crippen molar-refractivity contribution >= 4 is 0 Å². The molecule has 3 heteroatoms. The Morgan fingerprint density at radius 2 is 2.14 bits per heavy atom. The fourth-order valence-electron chi connectivity index (χ4n) is 2.10. The summed E-state index contributed by atoms with van der Waals surface area (Å²) < 4.78 is 0. The first-order chi connectivity index (χ1) is 6.77. The van der Waals surface area contributed by atoms with Gasteiger partial charge in [-0.15, -0.1) is 0 Å². The fourth-order valence-corrected chi connectivity index (χ4v) is 2.10. The minimum Gasteiger partial charge on any atom is -0.327 e. The van der Waals surface area contributed by atoms with E-state index in [9.17, 15) is 0 Å². The number of nitrogens with two attached hydrogens (primary N) is 1. The van der Waals surface area contributed by atoms with Crippen LogP contribution < -0.4 is 5.73 Å². The maximum absolute atomic E-state index is 6.13. The molecule has 0 bridgehead atoms. The van der Waals surface area contributed by atoms with E-state index in [0.717, 1.165) is 19.5 Å². The highest BCUT2D eigenvalue weighted by Gasteiger charge is 2.25. The Bertz CT molecular complexity index is 286. The maximum Gasteiger partial charge on any atom is 0.0270 e. The van der Waals surface area contributed by atoms with Gasteiger partial charge in [0.1, 0.15) is 0 Å². The van der Waals surface area contributed by atoms with Crippen LogP contribution in [0.4, 0.5) is 0 Å². The third-order valence-electron chi connectivity index (χ3n) is 3.00. The van der Waals surface area contributed by atoms with Crippen molar-refractivity contribution in [2.45, 2.75) is 18.4 Å². The van der Waals surface area contributed by atoms with Crippen molar-refractivity contribution in [3.05, 3.63) is 30.1 Å². The number of likely N-dealkylation sites (N-methyl/N-ethyl adjacent to an activating group) is 1. The average Bonchev–Trinajstić information content (AvgIpc) is 2.23. The van der Waals surface area contributed by atoms with Crippen LogP contribution in [-0.4, -0.2) is 36.1 Å². The number of hydrogen-bond acceptors (Lipinski definition) is 3. The van der Waals surface area contributed by atoms with Crippen molar-refractivity contribution in [2.24, 2.45) is 5.73 Å².